The number of hydrogen-bond donors (Lipinski definition) is 0. The maximum atomic E-state index is 13.3. The number of alkyl halides is 1. The zero-order valence-corrected chi connectivity index (χ0v) is 17.0. The number of para-hydroxylation sites is 1. The summed E-state index contributed by atoms with van der Waals surface area (Å²) < 4.78 is 32.9. The zero-order chi connectivity index (χ0) is 19.4. The number of fused-ring (bicyclic) bond motifs is 1. The largest absolute Gasteiger partial charge is 0.463 e. The van der Waals surface area contributed by atoms with Gasteiger partial charge in [-0.1, -0.05) is 52.3 Å². The molecule has 0 spiro atoms. The molecule has 0 unspecified atom stereocenters. The molecule has 0 amide bonds. The summed E-state index contributed by atoms with van der Waals surface area (Å²) in [5.41, 5.74) is 1.76. The van der Waals surface area contributed by atoms with Gasteiger partial charge in [-0.2, -0.15) is 0 Å². The lowest BCUT2D eigenvalue weighted by molar-refractivity contribution is -0.137. The lowest BCUT2D eigenvalue weighted by atomic mass is 10.1. The van der Waals surface area contributed by atoms with E-state index in [1.807, 2.05) is 12.1 Å². The number of halogens is 1. The lowest BCUT2D eigenvalue weighted by Crippen LogP contribution is -2.15. The summed E-state index contributed by atoms with van der Waals surface area (Å²) >= 11 is 3.40. The number of carbonyl (C=O) groups is 1. The summed E-state index contributed by atoms with van der Waals surface area (Å²) in [6.45, 7) is 2.01. The average molecular weight is 448 g/mol. The molecule has 0 aliphatic rings. The third-order valence-corrected chi connectivity index (χ3v) is 6.35. The van der Waals surface area contributed by atoms with Crippen LogP contribution in [0.2, 0.25) is 0 Å². The van der Waals surface area contributed by atoms with Gasteiger partial charge in [-0.25, -0.2) is 17.2 Å². The summed E-state index contributed by atoms with van der Waals surface area (Å²) in [6, 6.07) is 15.5. The normalized spacial score (nSPS) is 11.9. The molecule has 3 aromatic rings. The molecule has 0 aliphatic carbocycles. The van der Waals surface area contributed by atoms with E-state index in [1.54, 1.807) is 55.5 Å². The molecule has 0 fully saturated rings. The molecule has 3 rings (SSSR count). The Hall–Kier alpha value is -2.38. The second-order valence-electron chi connectivity index (χ2n) is 5.68. The van der Waals surface area contributed by atoms with E-state index in [2.05, 4.69) is 15.9 Å². The fraction of sp³-hybridized carbons (Fsp3) is 0.150. The van der Waals surface area contributed by atoms with Crippen molar-refractivity contribution in [2.45, 2.75) is 17.1 Å². The number of carbonyl (C=O) groups excluding carboxylic acids is 1. The topological polar surface area (TPSA) is 65.4 Å². The fourth-order valence-corrected chi connectivity index (χ4v) is 5.22. The first-order chi connectivity index (χ1) is 13.0. The number of nitrogens with zero attached hydrogens (tertiary/aromatic N) is 1. The molecule has 27 heavy (non-hydrogen) atoms. The highest BCUT2D eigenvalue weighted by Crippen LogP contribution is 2.32. The lowest BCUT2D eigenvalue weighted by Gasteiger charge is -2.11. The SMILES string of the molecule is CCOC(=O)/C=C/c1c(CBr)n(S(=O)(=O)c2ccccc2)c2ccccc12. The molecule has 5 nitrogen and oxygen atoms in total. The van der Waals surface area contributed by atoms with Crippen LogP contribution in [0.5, 0.6) is 0 Å². The van der Waals surface area contributed by atoms with Crippen molar-refractivity contribution in [3.8, 4) is 0 Å². The number of hydrogen-bond acceptors (Lipinski definition) is 4. The Morgan fingerprint density at radius 2 is 1.78 bits per heavy atom. The molecule has 0 bridgehead atoms. The van der Waals surface area contributed by atoms with E-state index >= 15 is 0 Å². The third kappa shape index (κ3) is 3.70. The van der Waals surface area contributed by atoms with Gasteiger partial charge in [-0.15, -0.1) is 0 Å². The van der Waals surface area contributed by atoms with Crippen molar-refractivity contribution in [2.75, 3.05) is 6.61 Å². The molecular formula is C20H18BrNO4S. The Balaban J connectivity index is 2.27. The quantitative estimate of drug-likeness (QED) is 0.320. The second-order valence-corrected chi connectivity index (χ2v) is 8.03. The molecule has 2 aromatic carbocycles. The molecule has 1 heterocycles. The molecule has 0 N–H and O–H groups in total. The first kappa shape index (κ1) is 19.4. The molecule has 0 atom stereocenters. The molecule has 0 saturated heterocycles. The van der Waals surface area contributed by atoms with E-state index < -0.39 is 16.0 Å². The van der Waals surface area contributed by atoms with Gasteiger partial charge in [0.15, 0.2) is 0 Å². The van der Waals surface area contributed by atoms with Crippen LogP contribution in [-0.2, 0) is 24.9 Å². The maximum Gasteiger partial charge on any atom is 0.330 e. The van der Waals surface area contributed by atoms with Crippen LogP contribution >= 0.6 is 15.9 Å². The number of rotatable bonds is 6. The van der Waals surface area contributed by atoms with Gasteiger partial charge in [0.1, 0.15) is 0 Å². The molecular weight excluding hydrogens is 430 g/mol. The summed E-state index contributed by atoms with van der Waals surface area (Å²) in [4.78, 5) is 11.9. The van der Waals surface area contributed by atoms with E-state index in [9.17, 15) is 13.2 Å². The van der Waals surface area contributed by atoms with Crippen LogP contribution in [0.1, 0.15) is 18.2 Å². The minimum Gasteiger partial charge on any atom is -0.463 e. The van der Waals surface area contributed by atoms with Gasteiger partial charge in [0.25, 0.3) is 10.0 Å². The van der Waals surface area contributed by atoms with E-state index in [0.29, 0.717) is 22.1 Å². The Bertz CT molecular complexity index is 1100. The predicted octanol–water partition coefficient (Wildman–Crippen LogP) is 4.35. The van der Waals surface area contributed by atoms with E-state index in [-0.39, 0.29) is 11.5 Å². The minimum atomic E-state index is -3.80. The standard InChI is InChI=1S/C20H18BrNO4S/c1-2-26-20(23)13-12-17-16-10-6-7-11-18(16)22(19(17)14-21)27(24,25)15-8-4-3-5-9-15/h3-13H,2,14H2,1H3/b13-12+. The minimum absolute atomic E-state index is 0.203. The summed E-state index contributed by atoms with van der Waals surface area (Å²) in [5, 5.41) is 1.04. The molecule has 0 aliphatic heterocycles. The Morgan fingerprint density at radius 1 is 1.11 bits per heavy atom. The van der Waals surface area contributed by atoms with Crippen LogP contribution in [0.3, 0.4) is 0 Å². The van der Waals surface area contributed by atoms with Gasteiger partial charge < -0.3 is 4.74 Å². The average Bonchev–Trinajstić information content (AvgIpc) is 3.01. The number of aromatic nitrogens is 1. The van der Waals surface area contributed by atoms with Crippen LogP contribution in [0.25, 0.3) is 17.0 Å². The predicted molar refractivity (Wildman–Crippen MR) is 109 cm³/mol. The molecule has 0 saturated carbocycles. The monoisotopic (exact) mass is 447 g/mol. The van der Waals surface area contributed by atoms with Gasteiger partial charge >= 0.3 is 5.97 Å². The molecule has 140 valence electrons. The number of ether oxygens (including phenoxy) is 1. The third-order valence-electron chi connectivity index (χ3n) is 4.05. The number of esters is 1. The number of benzene rings is 2. The van der Waals surface area contributed by atoms with Crippen molar-refractivity contribution in [1.29, 1.82) is 0 Å². The van der Waals surface area contributed by atoms with Crippen molar-refractivity contribution in [1.82, 2.24) is 3.97 Å². The van der Waals surface area contributed by atoms with Gasteiger partial charge in [-0.3, -0.25) is 0 Å². The molecule has 7 heteroatoms. The first-order valence-corrected chi connectivity index (χ1v) is 10.9. The molecule has 0 radical (unpaired) electrons. The van der Waals surface area contributed by atoms with E-state index in [4.69, 9.17) is 4.74 Å². The highest BCUT2D eigenvalue weighted by atomic mass is 79.9. The second kappa shape index (κ2) is 8.10. The van der Waals surface area contributed by atoms with Gasteiger partial charge in [0.2, 0.25) is 0 Å². The summed E-state index contributed by atoms with van der Waals surface area (Å²) in [5.74, 6) is -0.472. The summed E-state index contributed by atoms with van der Waals surface area (Å²) in [7, 11) is -3.80. The highest BCUT2D eigenvalue weighted by Gasteiger charge is 2.25. The summed E-state index contributed by atoms with van der Waals surface area (Å²) in [6.07, 6.45) is 2.92. The Labute approximate surface area is 166 Å². The van der Waals surface area contributed by atoms with Crippen molar-refractivity contribution in [3.05, 3.63) is 71.9 Å². The van der Waals surface area contributed by atoms with Crippen LogP contribution in [-0.4, -0.2) is 25.0 Å². The van der Waals surface area contributed by atoms with Crippen LogP contribution in [0, 0.1) is 0 Å². The zero-order valence-electron chi connectivity index (χ0n) is 14.6. The van der Waals surface area contributed by atoms with Crippen molar-refractivity contribution in [2.24, 2.45) is 0 Å². The van der Waals surface area contributed by atoms with Crippen molar-refractivity contribution < 1.29 is 17.9 Å². The Kier molecular flexibility index (Phi) is 5.82. The van der Waals surface area contributed by atoms with Gasteiger partial charge in [0, 0.05) is 22.4 Å². The van der Waals surface area contributed by atoms with Crippen LogP contribution < -0.4 is 0 Å². The molecule has 1 aromatic heterocycles. The first-order valence-electron chi connectivity index (χ1n) is 8.34. The van der Waals surface area contributed by atoms with Crippen LogP contribution in [0.15, 0.2) is 65.6 Å². The highest BCUT2D eigenvalue weighted by molar-refractivity contribution is 9.08. The van der Waals surface area contributed by atoms with Crippen LogP contribution in [0.4, 0.5) is 0 Å². The fourth-order valence-electron chi connectivity index (χ4n) is 2.92. The smallest absolute Gasteiger partial charge is 0.330 e. The Morgan fingerprint density at radius 3 is 2.44 bits per heavy atom. The van der Waals surface area contributed by atoms with Gasteiger partial charge in [-0.05, 0) is 31.2 Å². The van der Waals surface area contributed by atoms with E-state index in [1.165, 1.54) is 10.0 Å². The van der Waals surface area contributed by atoms with Gasteiger partial charge in [0.05, 0.1) is 22.7 Å². The van der Waals surface area contributed by atoms with Crippen molar-refractivity contribution >= 4 is 48.9 Å². The van der Waals surface area contributed by atoms with E-state index in [0.717, 1.165) is 5.39 Å². The van der Waals surface area contributed by atoms with Crippen molar-refractivity contribution in [3.63, 3.8) is 0 Å². The maximum absolute atomic E-state index is 13.3.